The van der Waals surface area contributed by atoms with Gasteiger partial charge in [0.15, 0.2) is 9.84 Å². The van der Waals surface area contributed by atoms with Gasteiger partial charge in [-0.25, -0.2) is 18.0 Å². The van der Waals surface area contributed by atoms with Gasteiger partial charge in [0.2, 0.25) is 0 Å². The molecule has 1 atom stereocenters. The second-order valence-corrected chi connectivity index (χ2v) is 11.2. The largest absolute Gasteiger partial charge is 0.464 e. The molecule has 1 aliphatic rings. The molecule has 1 aromatic heterocycles. The summed E-state index contributed by atoms with van der Waals surface area (Å²) in [4.78, 5) is 24.3. The van der Waals surface area contributed by atoms with Gasteiger partial charge in [0.05, 0.1) is 28.2 Å². The van der Waals surface area contributed by atoms with Gasteiger partial charge in [-0.3, -0.25) is 4.57 Å². The van der Waals surface area contributed by atoms with Crippen LogP contribution >= 0.6 is 15.9 Å². The van der Waals surface area contributed by atoms with E-state index in [0.29, 0.717) is 22.7 Å². The van der Waals surface area contributed by atoms with E-state index in [0.717, 1.165) is 10.1 Å². The lowest BCUT2D eigenvalue weighted by molar-refractivity contribution is 0.0528. The minimum atomic E-state index is -3.21. The third-order valence-electron chi connectivity index (χ3n) is 5.35. The zero-order chi connectivity index (χ0) is 20.9. The van der Waals surface area contributed by atoms with Gasteiger partial charge in [0, 0.05) is 16.1 Å². The summed E-state index contributed by atoms with van der Waals surface area (Å²) >= 11 is 3.39. The van der Waals surface area contributed by atoms with Crippen LogP contribution < -0.4 is 0 Å². The van der Waals surface area contributed by atoms with E-state index in [1.54, 1.807) is 32.9 Å². The highest BCUT2D eigenvalue weighted by Gasteiger charge is 2.42. The Balaban J connectivity index is 2.23. The number of esters is 1. The van der Waals surface area contributed by atoms with Gasteiger partial charge in [0.25, 0.3) is 0 Å². The summed E-state index contributed by atoms with van der Waals surface area (Å²) in [6, 6.07) is 3.31. The predicted molar refractivity (Wildman–Crippen MR) is 109 cm³/mol. The highest BCUT2D eigenvalue weighted by molar-refractivity contribution is 9.10. The van der Waals surface area contributed by atoms with E-state index in [9.17, 15) is 23.1 Å². The summed E-state index contributed by atoms with van der Waals surface area (Å²) in [6.07, 6.45) is 1.08. The fourth-order valence-electron chi connectivity index (χ4n) is 3.85. The number of halogens is 1. The Bertz CT molecular complexity index is 1070. The molecule has 2 heterocycles. The van der Waals surface area contributed by atoms with Crippen LogP contribution in [-0.2, 0) is 14.6 Å². The number of ether oxygens (including phenoxy) is 1. The number of rotatable bonds is 3. The van der Waals surface area contributed by atoms with E-state index in [4.69, 9.17) is 4.74 Å². The molecule has 1 unspecified atom stereocenters. The first kappa shape index (κ1) is 20.9. The van der Waals surface area contributed by atoms with Gasteiger partial charge in [0.1, 0.15) is 0 Å². The van der Waals surface area contributed by atoms with E-state index in [-0.39, 0.29) is 29.4 Å². The molecule has 0 spiro atoms. The van der Waals surface area contributed by atoms with Crippen molar-refractivity contribution < 1.29 is 27.9 Å². The molecular weight excluding hydrogens is 450 g/mol. The highest BCUT2D eigenvalue weighted by atomic mass is 79.9. The average Bonchev–Trinajstić information content (AvgIpc) is 2.96. The monoisotopic (exact) mass is 471 g/mol. The average molecular weight is 472 g/mol. The van der Waals surface area contributed by atoms with Crippen molar-refractivity contribution in [3.63, 3.8) is 0 Å². The Hall–Kier alpha value is -1.87. The van der Waals surface area contributed by atoms with Gasteiger partial charge in [-0.1, -0.05) is 15.9 Å². The summed E-state index contributed by atoms with van der Waals surface area (Å²) in [6.45, 7) is 5.25. The van der Waals surface area contributed by atoms with Crippen molar-refractivity contribution in [1.29, 1.82) is 0 Å². The molecule has 9 heteroatoms. The molecule has 0 bridgehead atoms. The third kappa shape index (κ3) is 3.45. The SMILES string of the molecule is CCOC(=O)c1cc(Br)cc2c(C3CCS(=O)(=O)C(C)(C)C3)cn(C(=O)O)c12. The quantitative estimate of drug-likeness (QED) is 0.673. The zero-order valence-electron chi connectivity index (χ0n) is 15.9. The number of hydrogen-bond donors (Lipinski definition) is 1. The molecule has 0 aliphatic carbocycles. The maximum Gasteiger partial charge on any atom is 0.416 e. The van der Waals surface area contributed by atoms with Gasteiger partial charge >= 0.3 is 12.1 Å². The molecule has 3 rings (SSSR count). The van der Waals surface area contributed by atoms with Crippen molar-refractivity contribution >= 4 is 48.7 Å². The van der Waals surface area contributed by atoms with Crippen LogP contribution in [0, 0.1) is 0 Å². The molecule has 1 fully saturated rings. The molecule has 0 radical (unpaired) electrons. The van der Waals surface area contributed by atoms with Crippen LogP contribution in [0.25, 0.3) is 10.9 Å². The number of hydrogen-bond acceptors (Lipinski definition) is 5. The number of carboxylic acid groups (broad SMARTS) is 1. The second-order valence-electron chi connectivity index (χ2n) is 7.58. The molecule has 7 nitrogen and oxygen atoms in total. The Morgan fingerprint density at radius 3 is 2.61 bits per heavy atom. The van der Waals surface area contributed by atoms with E-state index < -0.39 is 26.6 Å². The van der Waals surface area contributed by atoms with E-state index in [2.05, 4.69) is 15.9 Å². The minimum Gasteiger partial charge on any atom is -0.464 e. The molecule has 152 valence electrons. The number of fused-ring (bicyclic) bond motifs is 1. The smallest absolute Gasteiger partial charge is 0.416 e. The fraction of sp³-hybridized carbons (Fsp3) is 0.474. The van der Waals surface area contributed by atoms with Crippen molar-refractivity contribution in [1.82, 2.24) is 4.57 Å². The number of benzene rings is 1. The Morgan fingerprint density at radius 1 is 1.36 bits per heavy atom. The molecule has 1 aliphatic heterocycles. The summed E-state index contributed by atoms with van der Waals surface area (Å²) < 4.78 is 30.6. The van der Waals surface area contributed by atoms with Crippen molar-refractivity contribution in [2.75, 3.05) is 12.4 Å². The van der Waals surface area contributed by atoms with E-state index >= 15 is 0 Å². The van der Waals surface area contributed by atoms with Crippen LogP contribution in [0.2, 0.25) is 0 Å². The zero-order valence-corrected chi connectivity index (χ0v) is 18.3. The van der Waals surface area contributed by atoms with E-state index in [1.807, 2.05) is 0 Å². The molecule has 1 saturated heterocycles. The molecule has 1 N–H and O–H groups in total. The lowest BCUT2D eigenvalue weighted by atomic mass is 9.87. The molecule has 0 saturated carbocycles. The lowest BCUT2D eigenvalue weighted by Crippen LogP contribution is -2.40. The first-order chi connectivity index (χ1) is 13.0. The van der Waals surface area contributed by atoms with Crippen LogP contribution in [0.1, 0.15) is 55.5 Å². The summed E-state index contributed by atoms with van der Waals surface area (Å²) in [5.74, 6) is -0.693. The van der Waals surface area contributed by atoms with Gasteiger partial charge in [-0.05, 0) is 57.2 Å². The van der Waals surface area contributed by atoms with Crippen LogP contribution in [0.4, 0.5) is 4.79 Å². The van der Waals surface area contributed by atoms with Crippen LogP contribution in [-0.4, -0.2) is 47.3 Å². The number of carbonyl (C=O) groups excluding carboxylic acids is 1. The first-order valence-corrected chi connectivity index (χ1v) is 11.4. The highest BCUT2D eigenvalue weighted by Crippen LogP contribution is 2.43. The third-order valence-corrected chi connectivity index (χ3v) is 8.43. The van der Waals surface area contributed by atoms with Gasteiger partial charge in [-0.15, -0.1) is 0 Å². The number of sulfone groups is 1. The van der Waals surface area contributed by atoms with Gasteiger partial charge in [-0.2, -0.15) is 0 Å². The van der Waals surface area contributed by atoms with Crippen molar-refractivity contribution in [2.45, 2.75) is 44.3 Å². The number of nitrogens with zero attached hydrogens (tertiary/aromatic N) is 1. The van der Waals surface area contributed by atoms with Crippen molar-refractivity contribution in [3.05, 3.63) is 33.9 Å². The van der Waals surface area contributed by atoms with Gasteiger partial charge < -0.3 is 9.84 Å². The Morgan fingerprint density at radius 2 is 2.04 bits per heavy atom. The summed E-state index contributed by atoms with van der Waals surface area (Å²) in [7, 11) is -3.21. The molecule has 0 amide bonds. The van der Waals surface area contributed by atoms with Crippen molar-refractivity contribution in [2.24, 2.45) is 0 Å². The van der Waals surface area contributed by atoms with Crippen LogP contribution in [0.3, 0.4) is 0 Å². The number of aromatic nitrogens is 1. The minimum absolute atomic E-state index is 0.0448. The molecule has 2 aromatic rings. The Labute approximate surface area is 171 Å². The first-order valence-electron chi connectivity index (χ1n) is 8.95. The summed E-state index contributed by atoms with van der Waals surface area (Å²) in [5, 5.41) is 10.3. The van der Waals surface area contributed by atoms with Crippen LogP contribution in [0.5, 0.6) is 0 Å². The topological polar surface area (TPSA) is 103 Å². The predicted octanol–water partition coefficient (Wildman–Crippen LogP) is 4.18. The Kier molecular flexibility index (Phi) is 5.35. The molecule has 28 heavy (non-hydrogen) atoms. The standard InChI is InChI=1S/C19H22BrNO6S/c1-4-27-17(22)14-8-12(20)7-13-15(10-21(16(13)14)18(23)24)11-5-6-28(25,26)19(2,3)9-11/h7-8,10-11H,4-6,9H2,1-3H3,(H,23,24). The number of carbonyl (C=O) groups is 2. The molecular formula is C19H22BrNO6S. The van der Waals surface area contributed by atoms with E-state index in [1.165, 1.54) is 6.20 Å². The van der Waals surface area contributed by atoms with Crippen LogP contribution in [0.15, 0.2) is 22.8 Å². The molecule has 1 aromatic carbocycles. The van der Waals surface area contributed by atoms with Crippen molar-refractivity contribution in [3.8, 4) is 0 Å². The maximum absolute atomic E-state index is 12.4. The summed E-state index contributed by atoms with van der Waals surface area (Å²) in [5.41, 5.74) is 1.14. The fourth-order valence-corrected chi connectivity index (χ4v) is 5.91. The lowest BCUT2D eigenvalue weighted by Gasteiger charge is -2.34. The second kappa shape index (κ2) is 7.18. The normalized spacial score (nSPS) is 20.8. The maximum atomic E-state index is 12.4.